The van der Waals surface area contributed by atoms with Crippen molar-refractivity contribution in [2.75, 3.05) is 7.05 Å². The number of hydrogen-bond donors (Lipinski definition) is 1. The number of nitrogens with one attached hydrogen (secondary N) is 1. The molecule has 1 heterocycles. The molecule has 1 N–H and O–H groups in total. The molecule has 1 aromatic carbocycles. The third-order valence-corrected chi connectivity index (χ3v) is 6.53. The number of benzene rings is 1. The fourth-order valence-corrected chi connectivity index (χ4v) is 4.99. The third kappa shape index (κ3) is 5.30. The Labute approximate surface area is 164 Å². The van der Waals surface area contributed by atoms with Gasteiger partial charge in [-0.05, 0) is 57.5 Å². The first-order valence-electron chi connectivity index (χ1n) is 8.03. The van der Waals surface area contributed by atoms with E-state index < -0.39 is 15.6 Å². The molecule has 0 bridgehead atoms. The van der Waals surface area contributed by atoms with Gasteiger partial charge < -0.3 is 4.90 Å². The molecule has 0 aliphatic heterocycles. The van der Waals surface area contributed by atoms with Crippen LogP contribution in [0.1, 0.15) is 41.6 Å². The summed E-state index contributed by atoms with van der Waals surface area (Å²) in [7, 11) is -2.02. The van der Waals surface area contributed by atoms with Crippen LogP contribution in [0.25, 0.3) is 0 Å². The number of carbonyl (C=O) groups is 1. The summed E-state index contributed by atoms with van der Waals surface area (Å²) in [6.07, 6.45) is 0. The van der Waals surface area contributed by atoms with Crippen molar-refractivity contribution in [3.63, 3.8) is 0 Å². The lowest BCUT2D eigenvalue weighted by Crippen LogP contribution is -2.40. The van der Waals surface area contributed by atoms with Gasteiger partial charge in [0.1, 0.15) is 0 Å². The maximum absolute atomic E-state index is 12.8. The van der Waals surface area contributed by atoms with Crippen molar-refractivity contribution < 1.29 is 13.2 Å². The molecule has 8 heteroatoms. The fraction of sp³-hybridized carbons (Fsp3) is 0.389. The average Bonchev–Trinajstić information content (AvgIpc) is 2.89. The summed E-state index contributed by atoms with van der Waals surface area (Å²) in [6.45, 7) is 7.50. The van der Waals surface area contributed by atoms with Gasteiger partial charge in [-0.3, -0.25) is 4.79 Å². The molecule has 0 unspecified atom stereocenters. The van der Waals surface area contributed by atoms with Crippen LogP contribution in [0.2, 0.25) is 4.34 Å². The Morgan fingerprint density at radius 1 is 1.23 bits per heavy atom. The van der Waals surface area contributed by atoms with Gasteiger partial charge in [-0.1, -0.05) is 17.7 Å². The Balaban J connectivity index is 2.30. The summed E-state index contributed by atoms with van der Waals surface area (Å²) in [6, 6.07) is 8.26. The first-order valence-corrected chi connectivity index (χ1v) is 10.7. The predicted molar refractivity (Wildman–Crippen MR) is 106 cm³/mol. The Morgan fingerprint density at radius 3 is 2.42 bits per heavy atom. The van der Waals surface area contributed by atoms with Gasteiger partial charge >= 0.3 is 0 Å². The smallest absolute Gasteiger partial charge is 0.254 e. The summed E-state index contributed by atoms with van der Waals surface area (Å²) in [5.41, 5.74) is 0.482. The van der Waals surface area contributed by atoms with E-state index in [2.05, 4.69) is 4.72 Å². The number of hydrogen-bond acceptors (Lipinski definition) is 4. The summed E-state index contributed by atoms with van der Waals surface area (Å²) in [5.74, 6) is -0.236. The molecule has 2 aromatic rings. The molecule has 0 radical (unpaired) electrons. The minimum absolute atomic E-state index is 0.0777. The van der Waals surface area contributed by atoms with Crippen LogP contribution in [0.5, 0.6) is 0 Å². The SMILES string of the molecule is Cc1ccc(S(=O)(=O)NC(C)(C)C)cc1C(=O)N(C)Cc1ccc(Cl)s1. The number of halogens is 1. The lowest BCUT2D eigenvalue weighted by Gasteiger charge is -2.21. The summed E-state index contributed by atoms with van der Waals surface area (Å²) in [5, 5.41) is 0. The van der Waals surface area contributed by atoms with Crippen LogP contribution < -0.4 is 4.72 Å². The van der Waals surface area contributed by atoms with Gasteiger partial charge in [0.05, 0.1) is 15.8 Å². The van der Waals surface area contributed by atoms with Crippen LogP contribution in [0.3, 0.4) is 0 Å². The zero-order valence-electron chi connectivity index (χ0n) is 15.5. The van der Waals surface area contributed by atoms with E-state index in [4.69, 9.17) is 11.6 Å². The average molecular weight is 415 g/mol. The molecule has 0 aliphatic rings. The van der Waals surface area contributed by atoms with E-state index in [1.54, 1.807) is 51.8 Å². The van der Waals surface area contributed by atoms with Crippen LogP contribution in [0.15, 0.2) is 35.2 Å². The molecular formula is C18H23ClN2O3S2. The molecule has 2 rings (SSSR count). The Kier molecular flexibility index (Phi) is 6.17. The number of rotatable bonds is 5. The molecule has 1 aromatic heterocycles. The topological polar surface area (TPSA) is 66.5 Å². The molecule has 26 heavy (non-hydrogen) atoms. The number of thiophene rings is 1. The number of carbonyl (C=O) groups excluding carboxylic acids is 1. The third-order valence-electron chi connectivity index (χ3n) is 3.56. The molecule has 5 nitrogen and oxygen atoms in total. The van der Waals surface area contributed by atoms with Crippen molar-refractivity contribution in [3.05, 3.63) is 50.7 Å². The molecule has 0 saturated carbocycles. The molecule has 0 spiro atoms. The second-order valence-corrected chi connectivity index (χ2v) is 10.7. The molecule has 0 atom stereocenters. The van der Waals surface area contributed by atoms with Crippen molar-refractivity contribution in [2.24, 2.45) is 0 Å². The summed E-state index contributed by atoms with van der Waals surface area (Å²) < 4.78 is 28.4. The standard InChI is InChI=1S/C18H23ClN2O3S2/c1-12-6-8-14(26(23,24)20-18(2,3)4)10-15(12)17(22)21(5)11-13-7-9-16(19)25-13/h6-10,20H,11H2,1-5H3. The Hall–Kier alpha value is -1.41. The highest BCUT2D eigenvalue weighted by Crippen LogP contribution is 2.24. The lowest BCUT2D eigenvalue weighted by atomic mass is 10.1. The maximum Gasteiger partial charge on any atom is 0.254 e. The number of nitrogens with zero attached hydrogens (tertiary/aromatic N) is 1. The monoisotopic (exact) mass is 414 g/mol. The van der Waals surface area contributed by atoms with Crippen LogP contribution >= 0.6 is 22.9 Å². The van der Waals surface area contributed by atoms with E-state index >= 15 is 0 Å². The largest absolute Gasteiger partial charge is 0.337 e. The molecule has 0 aliphatic carbocycles. The predicted octanol–water partition coefficient (Wildman–Crippen LogP) is 4.06. The Bertz CT molecular complexity index is 915. The first kappa shape index (κ1) is 20.9. The zero-order chi connectivity index (χ0) is 19.7. The van der Waals surface area contributed by atoms with Gasteiger partial charge in [-0.25, -0.2) is 13.1 Å². The highest BCUT2D eigenvalue weighted by atomic mass is 35.5. The second kappa shape index (κ2) is 7.68. The van der Waals surface area contributed by atoms with Gasteiger partial charge in [0, 0.05) is 23.0 Å². The molecule has 1 amide bonds. The maximum atomic E-state index is 12.8. The highest BCUT2D eigenvalue weighted by Gasteiger charge is 2.24. The lowest BCUT2D eigenvalue weighted by molar-refractivity contribution is 0.0785. The van der Waals surface area contributed by atoms with Gasteiger partial charge in [0.25, 0.3) is 5.91 Å². The van der Waals surface area contributed by atoms with Crippen molar-refractivity contribution in [1.29, 1.82) is 0 Å². The van der Waals surface area contributed by atoms with E-state index in [0.717, 1.165) is 10.4 Å². The Morgan fingerprint density at radius 2 is 1.88 bits per heavy atom. The van der Waals surface area contributed by atoms with Crippen LogP contribution in [0.4, 0.5) is 0 Å². The van der Waals surface area contributed by atoms with E-state index in [0.29, 0.717) is 16.4 Å². The minimum atomic E-state index is -3.71. The number of aryl methyl sites for hydroxylation is 1. The minimum Gasteiger partial charge on any atom is -0.337 e. The highest BCUT2D eigenvalue weighted by molar-refractivity contribution is 7.89. The molecule has 0 fully saturated rings. The fourth-order valence-electron chi connectivity index (χ4n) is 2.41. The van der Waals surface area contributed by atoms with Gasteiger partial charge in [-0.2, -0.15) is 0 Å². The van der Waals surface area contributed by atoms with E-state index in [-0.39, 0.29) is 10.8 Å². The van der Waals surface area contributed by atoms with E-state index in [1.165, 1.54) is 23.5 Å². The van der Waals surface area contributed by atoms with Gasteiger partial charge in [-0.15, -0.1) is 11.3 Å². The first-order chi connectivity index (χ1) is 11.9. The molecule has 0 saturated heterocycles. The van der Waals surface area contributed by atoms with Crippen molar-refractivity contribution in [1.82, 2.24) is 9.62 Å². The molecule has 142 valence electrons. The van der Waals surface area contributed by atoms with Crippen LogP contribution in [0, 0.1) is 6.92 Å². The zero-order valence-corrected chi connectivity index (χ0v) is 17.8. The normalized spacial score (nSPS) is 12.2. The quantitative estimate of drug-likeness (QED) is 0.802. The van der Waals surface area contributed by atoms with Crippen LogP contribution in [-0.2, 0) is 16.6 Å². The number of sulfonamides is 1. The second-order valence-electron chi connectivity index (χ2n) is 7.20. The van der Waals surface area contributed by atoms with Crippen molar-refractivity contribution in [2.45, 2.75) is 44.7 Å². The van der Waals surface area contributed by atoms with Crippen molar-refractivity contribution >= 4 is 38.9 Å². The summed E-state index contributed by atoms with van der Waals surface area (Å²) in [4.78, 5) is 15.4. The molecular weight excluding hydrogens is 392 g/mol. The van der Waals surface area contributed by atoms with E-state index in [9.17, 15) is 13.2 Å². The van der Waals surface area contributed by atoms with Crippen LogP contribution in [-0.4, -0.2) is 31.8 Å². The number of amides is 1. The van der Waals surface area contributed by atoms with E-state index in [1.807, 2.05) is 6.07 Å². The van der Waals surface area contributed by atoms with Gasteiger partial charge in [0.15, 0.2) is 0 Å². The van der Waals surface area contributed by atoms with Gasteiger partial charge in [0.2, 0.25) is 10.0 Å². The summed E-state index contributed by atoms with van der Waals surface area (Å²) >= 11 is 7.34. The van der Waals surface area contributed by atoms with Crippen molar-refractivity contribution in [3.8, 4) is 0 Å².